The van der Waals surface area contributed by atoms with E-state index in [0.717, 1.165) is 5.69 Å². The van der Waals surface area contributed by atoms with Gasteiger partial charge >= 0.3 is 0 Å². The SMILES string of the molecule is [c]1ccc(-c2nc[nH]n2)[nH]1. The molecule has 2 N–H and O–H groups in total. The minimum Gasteiger partial charge on any atom is -0.351 e. The molecule has 0 aliphatic rings. The largest absolute Gasteiger partial charge is 0.351 e. The van der Waals surface area contributed by atoms with Crippen LogP contribution < -0.4 is 0 Å². The highest BCUT2D eigenvalue weighted by atomic mass is 15.2. The van der Waals surface area contributed by atoms with Crippen molar-refractivity contribution in [2.75, 3.05) is 0 Å². The Balaban J connectivity index is 2.48. The van der Waals surface area contributed by atoms with Gasteiger partial charge in [-0.1, -0.05) is 0 Å². The van der Waals surface area contributed by atoms with Gasteiger partial charge < -0.3 is 4.98 Å². The van der Waals surface area contributed by atoms with E-state index in [1.165, 1.54) is 6.33 Å². The summed E-state index contributed by atoms with van der Waals surface area (Å²) in [5.74, 6) is 0.668. The first-order chi connectivity index (χ1) is 4.97. The molecule has 4 heteroatoms. The summed E-state index contributed by atoms with van der Waals surface area (Å²) >= 11 is 0. The minimum atomic E-state index is 0.668. The molecule has 2 rings (SSSR count). The number of aromatic amines is 2. The maximum Gasteiger partial charge on any atom is 0.197 e. The molecule has 4 nitrogen and oxygen atoms in total. The van der Waals surface area contributed by atoms with E-state index in [0.29, 0.717) is 5.82 Å². The first-order valence-corrected chi connectivity index (χ1v) is 2.88. The highest BCUT2D eigenvalue weighted by molar-refractivity contribution is 5.47. The number of H-pyrrole nitrogens is 2. The molecule has 0 fully saturated rings. The van der Waals surface area contributed by atoms with Crippen LogP contribution in [-0.4, -0.2) is 20.2 Å². The van der Waals surface area contributed by atoms with E-state index in [2.05, 4.69) is 26.4 Å². The quantitative estimate of drug-likeness (QED) is 0.598. The van der Waals surface area contributed by atoms with Gasteiger partial charge in [0.25, 0.3) is 0 Å². The molecular weight excluding hydrogens is 128 g/mol. The van der Waals surface area contributed by atoms with E-state index in [4.69, 9.17) is 0 Å². The van der Waals surface area contributed by atoms with E-state index in [1.54, 1.807) is 6.07 Å². The highest BCUT2D eigenvalue weighted by Crippen LogP contribution is 2.07. The number of nitrogens with zero attached hydrogens (tertiary/aromatic N) is 2. The second-order valence-corrected chi connectivity index (χ2v) is 1.84. The van der Waals surface area contributed by atoms with Crippen molar-refractivity contribution in [2.45, 2.75) is 0 Å². The van der Waals surface area contributed by atoms with Gasteiger partial charge in [0.1, 0.15) is 6.33 Å². The average molecular weight is 133 g/mol. The Morgan fingerprint density at radius 3 is 3.10 bits per heavy atom. The van der Waals surface area contributed by atoms with Crippen molar-refractivity contribution in [1.82, 2.24) is 20.2 Å². The van der Waals surface area contributed by atoms with Gasteiger partial charge in [0.05, 0.1) is 11.9 Å². The predicted molar refractivity (Wildman–Crippen MR) is 35.0 cm³/mol. The fraction of sp³-hybridized carbons (Fsp3) is 0. The summed E-state index contributed by atoms with van der Waals surface area (Å²) in [5.41, 5.74) is 0.876. The van der Waals surface area contributed by atoms with Crippen molar-refractivity contribution in [1.29, 1.82) is 0 Å². The van der Waals surface area contributed by atoms with Gasteiger partial charge in [-0.05, 0) is 12.1 Å². The molecule has 0 amide bonds. The van der Waals surface area contributed by atoms with Gasteiger partial charge in [0.2, 0.25) is 0 Å². The van der Waals surface area contributed by atoms with Crippen molar-refractivity contribution in [3.8, 4) is 11.5 Å². The summed E-state index contributed by atoms with van der Waals surface area (Å²) in [6, 6.07) is 3.65. The summed E-state index contributed by atoms with van der Waals surface area (Å²) in [5, 5.41) is 6.49. The van der Waals surface area contributed by atoms with Gasteiger partial charge in [0, 0.05) is 0 Å². The topological polar surface area (TPSA) is 57.4 Å². The van der Waals surface area contributed by atoms with E-state index in [9.17, 15) is 0 Å². The average Bonchev–Trinajstić information content (AvgIpc) is 2.59. The molecule has 0 unspecified atom stereocenters. The molecule has 0 atom stereocenters. The van der Waals surface area contributed by atoms with Crippen molar-refractivity contribution < 1.29 is 0 Å². The van der Waals surface area contributed by atoms with Gasteiger partial charge in [-0.25, -0.2) is 4.98 Å². The molecule has 0 saturated heterocycles. The molecule has 0 aliphatic carbocycles. The van der Waals surface area contributed by atoms with Crippen molar-refractivity contribution in [3.63, 3.8) is 0 Å². The minimum absolute atomic E-state index is 0.668. The van der Waals surface area contributed by atoms with Gasteiger partial charge in [-0.2, -0.15) is 5.10 Å². The third-order valence-electron chi connectivity index (χ3n) is 1.20. The molecule has 0 bridgehead atoms. The smallest absolute Gasteiger partial charge is 0.197 e. The third kappa shape index (κ3) is 0.699. The third-order valence-corrected chi connectivity index (χ3v) is 1.20. The van der Waals surface area contributed by atoms with Crippen LogP contribution in [0.4, 0.5) is 0 Å². The second-order valence-electron chi connectivity index (χ2n) is 1.84. The van der Waals surface area contributed by atoms with Crippen LogP contribution >= 0.6 is 0 Å². The van der Waals surface area contributed by atoms with Crippen molar-refractivity contribution in [3.05, 3.63) is 24.7 Å². The molecule has 2 aromatic rings. The molecule has 2 heterocycles. The van der Waals surface area contributed by atoms with Gasteiger partial charge in [-0.3, -0.25) is 5.10 Å². The number of aromatic nitrogens is 4. The molecule has 0 spiro atoms. The second kappa shape index (κ2) is 1.98. The lowest BCUT2D eigenvalue weighted by Crippen LogP contribution is -1.78. The van der Waals surface area contributed by atoms with E-state index < -0.39 is 0 Å². The first kappa shape index (κ1) is 5.22. The van der Waals surface area contributed by atoms with Crippen LogP contribution in [0.15, 0.2) is 18.5 Å². The first-order valence-electron chi connectivity index (χ1n) is 2.88. The Hall–Kier alpha value is -1.58. The number of nitrogens with one attached hydrogen (secondary N) is 2. The fourth-order valence-corrected chi connectivity index (χ4v) is 0.755. The zero-order valence-corrected chi connectivity index (χ0v) is 5.13. The number of rotatable bonds is 1. The molecule has 0 saturated carbocycles. The maximum atomic E-state index is 3.94. The van der Waals surface area contributed by atoms with Crippen LogP contribution in [-0.2, 0) is 0 Å². The van der Waals surface area contributed by atoms with Crippen LogP contribution in [0.3, 0.4) is 0 Å². The van der Waals surface area contributed by atoms with E-state index >= 15 is 0 Å². The Labute approximate surface area is 57.3 Å². The Morgan fingerprint density at radius 1 is 1.50 bits per heavy atom. The number of hydrogen-bond acceptors (Lipinski definition) is 2. The summed E-state index contributed by atoms with van der Waals surface area (Å²) < 4.78 is 0. The lowest BCUT2D eigenvalue weighted by molar-refractivity contribution is 1.09. The predicted octanol–water partition coefficient (Wildman–Crippen LogP) is 0.600. The molecule has 2 aromatic heterocycles. The van der Waals surface area contributed by atoms with Crippen molar-refractivity contribution in [2.24, 2.45) is 0 Å². The van der Waals surface area contributed by atoms with Crippen LogP contribution in [0.5, 0.6) is 0 Å². The van der Waals surface area contributed by atoms with E-state index in [1.807, 2.05) is 6.07 Å². The van der Waals surface area contributed by atoms with Crippen LogP contribution in [0.1, 0.15) is 0 Å². The Kier molecular flexibility index (Phi) is 1.04. The maximum absolute atomic E-state index is 3.94. The van der Waals surface area contributed by atoms with Crippen molar-refractivity contribution >= 4 is 0 Å². The Morgan fingerprint density at radius 2 is 2.50 bits per heavy atom. The molecule has 10 heavy (non-hydrogen) atoms. The Bertz CT molecular complexity index is 249. The van der Waals surface area contributed by atoms with E-state index in [-0.39, 0.29) is 0 Å². The van der Waals surface area contributed by atoms with Gasteiger partial charge in [0.15, 0.2) is 5.82 Å². The zero-order chi connectivity index (χ0) is 6.81. The van der Waals surface area contributed by atoms with Crippen LogP contribution in [0.25, 0.3) is 11.5 Å². The summed E-state index contributed by atoms with van der Waals surface area (Å²) in [4.78, 5) is 6.81. The molecule has 1 radical (unpaired) electrons. The summed E-state index contributed by atoms with van der Waals surface area (Å²) in [7, 11) is 0. The number of hydrogen-bond donors (Lipinski definition) is 2. The lowest BCUT2D eigenvalue weighted by Gasteiger charge is -1.83. The fourth-order valence-electron chi connectivity index (χ4n) is 0.755. The molecule has 0 aromatic carbocycles. The molecule has 0 aliphatic heterocycles. The lowest BCUT2D eigenvalue weighted by atomic mass is 10.4. The summed E-state index contributed by atoms with van der Waals surface area (Å²) in [6.45, 7) is 0. The monoisotopic (exact) mass is 133 g/mol. The molecular formula is C6H5N4. The highest BCUT2D eigenvalue weighted by Gasteiger charge is 1.98. The van der Waals surface area contributed by atoms with Gasteiger partial charge in [-0.15, -0.1) is 0 Å². The van der Waals surface area contributed by atoms with Crippen LogP contribution in [0, 0.1) is 6.20 Å². The normalized spacial score (nSPS) is 10.0. The van der Waals surface area contributed by atoms with Crippen LogP contribution in [0.2, 0.25) is 0 Å². The summed E-state index contributed by atoms with van der Waals surface area (Å²) in [6.07, 6.45) is 4.34. The molecule has 49 valence electrons. The standard InChI is InChI=1S/C6H5N4/c1-2-5(7-3-1)6-8-4-9-10-6/h1-2,4,7H,(H,8,9,10). The zero-order valence-electron chi connectivity index (χ0n) is 5.13.